The fourth-order valence-electron chi connectivity index (χ4n) is 1.21. The van der Waals surface area contributed by atoms with Gasteiger partial charge in [-0.05, 0) is 12.1 Å². The molecule has 1 heterocycles. The van der Waals surface area contributed by atoms with Gasteiger partial charge in [-0.15, -0.1) is 11.3 Å². The number of rotatable bonds is 1. The van der Waals surface area contributed by atoms with Crippen molar-refractivity contribution in [3.05, 3.63) is 32.1 Å². The van der Waals surface area contributed by atoms with Crippen LogP contribution in [0, 0.1) is 10.1 Å². The molecule has 0 fully saturated rings. The van der Waals surface area contributed by atoms with Crippen LogP contribution in [0.3, 0.4) is 0 Å². The highest BCUT2D eigenvalue weighted by molar-refractivity contribution is 9.10. The molecular weight excluding hydrogens is 270 g/mol. The number of halogens is 1. The summed E-state index contributed by atoms with van der Waals surface area (Å²) in [6, 6.07) is 3.15. The van der Waals surface area contributed by atoms with Gasteiger partial charge in [0.2, 0.25) is 0 Å². The van der Waals surface area contributed by atoms with Crippen molar-refractivity contribution in [1.29, 1.82) is 0 Å². The van der Waals surface area contributed by atoms with Crippen molar-refractivity contribution in [3.8, 4) is 5.75 Å². The number of phenols is 1. The Bertz CT molecular complexity index is 523. The maximum atomic E-state index is 10.6. The Balaban J connectivity index is 2.85. The van der Waals surface area contributed by atoms with E-state index in [0.29, 0.717) is 14.6 Å². The first-order valence-corrected chi connectivity index (χ1v) is 5.31. The molecule has 0 aliphatic rings. The summed E-state index contributed by atoms with van der Waals surface area (Å²) < 4.78 is 1.17. The second kappa shape index (κ2) is 3.21. The fourth-order valence-corrected chi connectivity index (χ4v) is 2.57. The number of nitro groups is 1. The third kappa shape index (κ3) is 1.36. The minimum atomic E-state index is -0.454. The lowest BCUT2D eigenvalue weighted by Crippen LogP contribution is -1.84. The Hall–Kier alpha value is -1.14. The van der Waals surface area contributed by atoms with Crippen molar-refractivity contribution in [2.24, 2.45) is 0 Å². The van der Waals surface area contributed by atoms with Gasteiger partial charge < -0.3 is 5.11 Å². The Kier molecular flexibility index (Phi) is 2.16. The van der Waals surface area contributed by atoms with Crippen LogP contribution in [0.15, 0.2) is 22.0 Å². The monoisotopic (exact) mass is 273 g/mol. The second-order valence-corrected chi connectivity index (χ2v) is 4.47. The number of hydrogen-bond donors (Lipinski definition) is 1. The lowest BCUT2D eigenvalue weighted by molar-refractivity contribution is -0.382. The van der Waals surface area contributed by atoms with Crippen LogP contribution in [-0.2, 0) is 0 Å². The van der Waals surface area contributed by atoms with Crippen molar-refractivity contribution < 1.29 is 10.0 Å². The first-order chi connectivity index (χ1) is 6.59. The van der Waals surface area contributed by atoms with Gasteiger partial charge in [0.25, 0.3) is 5.69 Å². The minimum Gasteiger partial charge on any atom is -0.506 e. The summed E-state index contributed by atoms with van der Waals surface area (Å²) in [6.07, 6.45) is 0. The molecular formula is C8H4BrNO3S. The van der Waals surface area contributed by atoms with E-state index in [2.05, 4.69) is 15.9 Å². The molecule has 4 nitrogen and oxygen atoms in total. The van der Waals surface area contributed by atoms with E-state index in [9.17, 15) is 15.2 Å². The van der Waals surface area contributed by atoms with E-state index in [-0.39, 0.29) is 11.4 Å². The fraction of sp³-hybridized carbons (Fsp3) is 0. The quantitative estimate of drug-likeness (QED) is 0.641. The molecule has 2 aromatic rings. The number of nitrogens with zero attached hydrogens (tertiary/aromatic N) is 1. The predicted molar refractivity (Wildman–Crippen MR) is 57.8 cm³/mol. The topological polar surface area (TPSA) is 63.4 Å². The molecule has 0 aliphatic carbocycles. The summed E-state index contributed by atoms with van der Waals surface area (Å²) >= 11 is 4.34. The molecule has 1 aromatic carbocycles. The van der Waals surface area contributed by atoms with Gasteiger partial charge in [0.05, 0.1) is 20.4 Å². The highest BCUT2D eigenvalue weighted by Crippen LogP contribution is 2.39. The Morgan fingerprint density at radius 2 is 2.21 bits per heavy atom. The lowest BCUT2D eigenvalue weighted by atomic mass is 10.2. The number of hydrogen-bond acceptors (Lipinski definition) is 4. The highest BCUT2D eigenvalue weighted by atomic mass is 79.9. The maximum absolute atomic E-state index is 10.6. The molecule has 0 saturated carbocycles. The van der Waals surface area contributed by atoms with E-state index in [1.165, 1.54) is 22.8 Å². The molecule has 0 spiro atoms. The molecule has 72 valence electrons. The third-order valence-corrected chi connectivity index (χ3v) is 3.26. The van der Waals surface area contributed by atoms with Crippen LogP contribution in [0.4, 0.5) is 5.69 Å². The van der Waals surface area contributed by atoms with Gasteiger partial charge in [0.1, 0.15) is 5.75 Å². The van der Waals surface area contributed by atoms with Crippen LogP contribution in [0.1, 0.15) is 0 Å². The van der Waals surface area contributed by atoms with Gasteiger partial charge in [-0.2, -0.15) is 0 Å². The molecule has 0 atom stereocenters. The average Bonchev–Trinajstić information content (AvgIpc) is 2.47. The van der Waals surface area contributed by atoms with Gasteiger partial charge in [-0.3, -0.25) is 10.1 Å². The van der Waals surface area contributed by atoms with Crippen molar-refractivity contribution in [1.82, 2.24) is 0 Å². The van der Waals surface area contributed by atoms with Crippen LogP contribution in [0.25, 0.3) is 10.1 Å². The molecule has 14 heavy (non-hydrogen) atoms. The van der Waals surface area contributed by atoms with Crippen molar-refractivity contribution in [3.63, 3.8) is 0 Å². The van der Waals surface area contributed by atoms with Gasteiger partial charge in [-0.1, -0.05) is 15.9 Å². The molecule has 0 bridgehead atoms. The standard InChI is InChI=1S/C8H4BrNO3S/c9-4-1-5-6(10(12)13)3-14-8(5)7(11)2-4/h1-3,11H. The smallest absolute Gasteiger partial charge is 0.288 e. The predicted octanol–water partition coefficient (Wildman–Crippen LogP) is 3.28. The molecule has 6 heteroatoms. The average molecular weight is 274 g/mol. The zero-order valence-electron chi connectivity index (χ0n) is 6.73. The lowest BCUT2D eigenvalue weighted by Gasteiger charge is -1.95. The van der Waals surface area contributed by atoms with Crippen molar-refractivity contribution in [2.45, 2.75) is 0 Å². The Labute approximate surface area is 91.1 Å². The van der Waals surface area contributed by atoms with Crippen LogP contribution < -0.4 is 0 Å². The molecule has 0 radical (unpaired) electrons. The zero-order chi connectivity index (χ0) is 10.3. The highest BCUT2D eigenvalue weighted by Gasteiger charge is 2.16. The number of aromatic hydroxyl groups is 1. The summed E-state index contributed by atoms with van der Waals surface area (Å²) in [5.74, 6) is 0.0625. The summed E-state index contributed by atoms with van der Waals surface area (Å²) in [7, 11) is 0. The normalized spacial score (nSPS) is 10.6. The van der Waals surface area contributed by atoms with Gasteiger partial charge in [-0.25, -0.2) is 0 Å². The Morgan fingerprint density at radius 1 is 1.50 bits per heavy atom. The van der Waals surface area contributed by atoms with Crippen molar-refractivity contribution in [2.75, 3.05) is 0 Å². The van der Waals surface area contributed by atoms with Crippen LogP contribution in [0.2, 0.25) is 0 Å². The largest absolute Gasteiger partial charge is 0.506 e. The minimum absolute atomic E-state index is 0.0293. The zero-order valence-corrected chi connectivity index (χ0v) is 9.13. The second-order valence-electron chi connectivity index (χ2n) is 2.68. The van der Waals surface area contributed by atoms with E-state index in [1.807, 2.05) is 0 Å². The van der Waals surface area contributed by atoms with Crippen molar-refractivity contribution >= 4 is 43.0 Å². The number of thiophene rings is 1. The first-order valence-electron chi connectivity index (χ1n) is 3.63. The Morgan fingerprint density at radius 3 is 2.86 bits per heavy atom. The summed E-state index contributed by atoms with van der Waals surface area (Å²) in [5, 5.41) is 22.0. The maximum Gasteiger partial charge on any atom is 0.288 e. The molecule has 1 aromatic heterocycles. The molecule has 2 rings (SSSR count). The van der Waals surface area contributed by atoms with E-state index in [0.717, 1.165) is 0 Å². The molecule has 1 N–H and O–H groups in total. The van der Waals surface area contributed by atoms with Crippen LogP contribution in [0.5, 0.6) is 5.75 Å². The number of phenolic OH excluding ortho intramolecular Hbond substituents is 1. The van der Waals surface area contributed by atoms with Crippen LogP contribution >= 0.6 is 27.3 Å². The molecule has 0 aliphatic heterocycles. The molecule has 0 saturated heterocycles. The van der Waals surface area contributed by atoms with E-state index in [4.69, 9.17) is 0 Å². The van der Waals surface area contributed by atoms with E-state index >= 15 is 0 Å². The SMILES string of the molecule is O=[N+]([O-])c1csc2c(O)cc(Br)cc12. The van der Waals surface area contributed by atoms with Crippen LogP contribution in [-0.4, -0.2) is 10.0 Å². The van der Waals surface area contributed by atoms with Gasteiger partial charge in [0, 0.05) is 4.47 Å². The van der Waals surface area contributed by atoms with Gasteiger partial charge in [0.15, 0.2) is 0 Å². The summed E-state index contributed by atoms with van der Waals surface area (Å²) in [6.45, 7) is 0. The number of benzene rings is 1. The molecule has 0 amide bonds. The number of fused-ring (bicyclic) bond motifs is 1. The van der Waals surface area contributed by atoms with E-state index in [1.54, 1.807) is 6.07 Å². The summed E-state index contributed by atoms with van der Waals surface area (Å²) in [4.78, 5) is 10.2. The van der Waals surface area contributed by atoms with Gasteiger partial charge >= 0.3 is 0 Å². The molecule has 0 unspecified atom stereocenters. The first kappa shape index (κ1) is 9.42. The third-order valence-electron chi connectivity index (χ3n) is 1.80. The van der Waals surface area contributed by atoms with E-state index < -0.39 is 4.92 Å². The summed E-state index contributed by atoms with van der Waals surface area (Å²) in [5.41, 5.74) is 0.0293.